The third-order valence-electron chi connectivity index (χ3n) is 4.78. The molecule has 0 spiro atoms. The third-order valence-corrected chi connectivity index (χ3v) is 4.78. The number of esters is 1. The first kappa shape index (κ1) is 22.0. The van der Waals surface area contributed by atoms with Crippen LogP contribution in [0.15, 0.2) is 60.7 Å². The number of halogens is 1. The highest BCUT2D eigenvalue weighted by Crippen LogP contribution is 2.19. The van der Waals surface area contributed by atoms with E-state index in [1.807, 2.05) is 48.9 Å². The van der Waals surface area contributed by atoms with E-state index in [-0.39, 0.29) is 12.4 Å². The lowest BCUT2D eigenvalue weighted by molar-refractivity contribution is -0.150. The summed E-state index contributed by atoms with van der Waals surface area (Å²) in [5.74, 6) is -1.41. The van der Waals surface area contributed by atoms with Crippen LogP contribution in [-0.4, -0.2) is 27.8 Å². The Morgan fingerprint density at radius 2 is 1.81 bits per heavy atom. The average Bonchev–Trinajstić information content (AvgIpc) is 3.05. The fourth-order valence-electron chi connectivity index (χ4n) is 3.07. The smallest absolute Gasteiger partial charge is 0.331 e. The van der Waals surface area contributed by atoms with Crippen molar-refractivity contribution in [2.75, 3.05) is 0 Å². The minimum absolute atomic E-state index is 0.216. The van der Waals surface area contributed by atoms with Crippen LogP contribution in [0.1, 0.15) is 29.4 Å². The number of hydrogen-bond donors (Lipinski definition) is 1. The molecule has 3 rings (SSSR count). The van der Waals surface area contributed by atoms with E-state index in [0.29, 0.717) is 0 Å². The Labute approximate surface area is 180 Å². The van der Waals surface area contributed by atoms with Crippen molar-refractivity contribution in [3.05, 3.63) is 89.0 Å². The van der Waals surface area contributed by atoms with Gasteiger partial charge in [-0.3, -0.25) is 4.79 Å². The van der Waals surface area contributed by atoms with E-state index in [1.54, 1.807) is 18.2 Å². The molecule has 0 aliphatic carbocycles. The van der Waals surface area contributed by atoms with Gasteiger partial charge in [-0.05, 0) is 56.7 Å². The van der Waals surface area contributed by atoms with Crippen LogP contribution in [0.2, 0.25) is 0 Å². The van der Waals surface area contributed by atoms with Crippen LogP contribution >= 0.6 is 0 Å². The summed E-state index contributed by atoms with van der Waals surface area (Å²) in [5, 5.41) is 7.19. The van der Waals surface area contributed by atoms with E-state index in [9.17, 15) is 14.0 Å². The normalized spacial score (nSPS) is 12.0. The lowest BCUT2D eigenvalue weighted by atomic mass is 10.2. The predicted molar refractivity (Wildman–Crippen MR) is 116 cm³/mol. The van der Waals surface area contributed by atoms with Gasteiger partial charge in [-0.2, -0.15) is 5.10 Å². The van der Waals surface area contributed by atoms with Crippen LogP contribution < -0.4 is 5.32 Å². The van der Waals surface area contributed by atoms with Gasteiger partial charge >= 0.3 is 5.97 Å². The second-order valence-corrected chi connectivity index (χ2v) is 7.09. The largest absolute Gasteiger partial charge is 0.449 e. The van der Waals surface area contributed by atoms with Crippen molar-refractivity contribution in [1.82, 2.24) is 15.1 Å². The maximum atomic E-state index is 12.9. The number of benzene rings is 2. The number of carbonyl (C=O) groups is 2. The maximum absolute atomic E-state index is 12.9. The Kier molecular flexibility index (Phi) is 6.97. The van der Waals surface area contributed by atoms with Crippen molar-refractivity contribution in [2.45, 2.75) is 33.4 Å². The first-order valence-electron chi connectivity index (χ1n) is 9.87. The fourth-order valence-corrected chi connectivity index (χ4v) is 3.07. The van der Waals surface area contributed by atoms with Crippen molar-refractivity contribution >= 4 is 18.0 Å². The number of carbonyl (C=O) groups excluding carboxylic acids is 2. The standard InChI is InChI=1S/C24H24FN3O3/c1-16-22(17(2)28(27-16)21-7-5-4-6-8-21)13-14-23(29)31-18(3)24(30)26-15-19-9-11-20(25)12-10-19/h4-14,18H,15H2,1-3H3,(H,26,30)/b14-13+/t18-/m1/s1. The van der Waals surface area contributed by atoms with Crippen molar-refractivity contribution in [3.63, 3.8) is 0 Å². The SMILES string of the molecule is Cc1nn(-c2ccccc2)c(C)c1/C=C/C(=O)O[C@H](C)C(=O)NCc1ccc(F)cc1. The molecule has 0 fully saturated rings. The highest BCUT2D eigenvalue weighted by molar-refractivity contribution is 5.90. The van der Waals surface area contributed by atoms with Crippen LogP contribution in [0.25, 0.3) is 11.8 Å². The number of hydrogen-bond acceptors (Lipinski definition) is 4. The Hall–Kier alpha value is -3.74. The molecular formula is C24H24FN3O3. The number of aryl methyl sites for hydroxylation is 1. The zero-order valence-electron chi connectivity index (χ0n) is 17.6. The minimum Gasteiger partial charge on any atom is -0.449 e. The van der Waals surface area contributed by atoms with Crippen LogP contribution in [-0.2, 0) is 20.9 Å². The lowest BCUT2D eigenvalue weighted by Gasteiger charge is -2.12. The molecule has 1 heterocycles. The molecule has 31 heavy (non-hydrogen) atoms. The molecule has 2 aromatic carbocycles. The highest BCUT2D eigenvalue weighted by Gasteiger charge is 2.17. The molecule has 1 amide bonds. The van der Waals surface area contributed by atoms with Gasteiger partial charge in [0.2, 0.25) is 0 Å². The molecule has 1 N–H and O–H groups in total. The number of amides is 1. The van der Waals surface area contributed by atoms with Crippen LogP contribution in [0.5, 0.6) is 0 Å². The average molecular weight is 421 g/mol. The molecular weight excluding hydrogens is 397 g/mol. The van der Waals surface area contributed by atoms with Gasteiger partial charge in [0, 0.05) is 23.9 Å². The molecule has 0 radical (unpaired) electrons. The quantitative estimate of drug-likeness (QED) is 0.464. The third kappa shape index (κ3) is 5.66. The van der Waals surface area contributed by atoms with E-state index in [4.69, 9.17) is 4.74 Å². The zero-order valence-corrected chi connectivity index (χ0v) is 17.6. The number of ether oxygens (including phenoxy) is 1. The van der Waals surface area contributed by atoms with E-state index in [0.717, 1.165) is 28.2 Å². The van der Waals surface area contributed by atoms with Gasteiger partial charge in [0.1, 0.15) is 5.82 Å². The van der Waals surface area contributed by atoms with Gasteiger partial charge in [0.15, 0.2) is 6.10 Å². The molecule has 0 aliphatic heterocycles. The Bertz CT molecular complexity index is 1090. The molecule has 1 atom stereocenters. The number of nitrogens with one attached hydrogen (secondary N) is 1. The van der Waals surface area contributed by atoms with Crippen molar-refractivity contribution in [2.24, 2.45) is 0 Å². The van der Waals surface area contributed by atoms with Gasteiger partial charge in [-0.25, -0.2) is 13.9 Å². The fraction of sp³-hybridized carbons (Fsp3) is 0.208. The van der Waals surface area contributed by atoms with E-state index in [2.05, 4.69) is 10.4 Å². The highest BCUT2D eigenvalue weighted by atomic mass is 19.1. The van der Waals surface area contributed by atoms with Crippen molar-refractivity contribution in [3.8, 4) is 5.69 Å². The summed E-state index contributed by atoms with van der Waals surface area (Å²) in [4.78, 5) is 24.3. The maximum Gasteiger partial charge on any atom is 0.331 e. The van der Waals surface area contributed by atoms with Crippen LogP contribution in [0.4, 0.5) is 4.39 Å². The second-order valence-electron chi connectivity index (χ2n) is 7.09. The van der Waals surface area contributed by atoms with Crippen LogP contribution in [0, 0.1) is 19.7 Å². The topological polar surface area (TPSA) is 73.2 Å². The van der Waals surface area contributed by atoms with Crippen LogP contribution in [0.3, 0.4) is 0 Å². The predicted octanol–water partition coefficient (Wildman–Crippen LogP) is 3.89. The second kappa shape index (κ2) is 9.84. The van der Waals surface area contributed by atoms with Gasteiger partial charge < -0.3 is 10.1 Å². The summed E-state index contributed by atoms with van der Waals surface area (Å²) in [6, 6.07) is 15.5. The van der Waals surface area contributed by atoms with E-state index < -0.39 is 18.0 Å². The van der Waals surface area contributed by atoms with E-state index in [1.165, 1.54) is 25.1 Å². The van der Waals surface area contributed by atoms with Crippen molar-refractivity contribution < 1.29 is 18.7 Å². The Morgan fingerprint density at radius 3 is 2.48 bits per heavy atom. The molecule has 6 nitrogen and oxygen atoms in total. The summed E-state index contributed by atoms with van der Waals surface area (Å²) in [6.07, 6.45) is 1.96. The molecule has 0 saturated carbocycles. The summed E-state index contributed by atoms with van der Waals surface area (Å²) < 4.78 is 19.9. The summed E-state index contributed by atoms with van der Waals surface area (Å²) in [5.41, 5.74) is 4.15. The minimum atomic E-state index is -0.966. The monoisotopic (exact) mass is 421 g/mol. The molecule has 0 saturated heterocycles. The van der Waals surface area contributed by atoms with Gasteiger partial charge in [-0.1, -0.05) is 30.3 Å². The molecule has 160 valence electrons. The first-order chi connectivity index (χ1) is 14.8. The summed E-state index contributed by atoms with van der Waals surface area (Å²) in [7, 11) is 0. The molecule has 7 heteroatoms. The number of aromatic nitrogens is 2. The molecule has 1 aromatic heterocycles. The number of nitrogens with zero attached hydrogens (tertiary/aromatic N) is 2. The summed E-state index contributed by atoms with van der Waals surface area (Å²) in [6.45, 7) is 5.50. The number of rotatable bonds is 7. The number of para-hydroxylation sites is 1. The van der Waals surface area contributed by atoms with Gasteiger partial charge in [-0.15, -0.1) is 0 Å². The zero-order chi connectivity index (χ0) is 22.4. The summed E-state index contributed by atoms with van der Waals surface area (Å²) >= 11 is 0. The van der Waals surface area contributed by atoms with Gasteiger partial charge in [0.25, 0.3) is 5.91 Å². The van der Waals surface area contributed by atoms with Crippen molar-refractivity contribution in [1.29, 1.82) is 0 Å². The lowest BCUT2D eigenvalue weighted by Crippen LogP contribution is -2.35. The molecule has 0 bridgehead atoms. The Morgan fingerprint density at radius 1 is 1.13 bits per heavy atom. The Balaban J connectivity index is 1.58. The first-order valence-corrected chi connectivity index (χ1v) is 9.87. The van der Waals surface area contributed by atoms with Gasteiger partial charge in [0.05, 0.1) is 11.4 Å². The molecule has 3 aromatic rings. The molecule has 0 unspecified atom stereocenters. The molecule has 0 aliphatic rings. The van der Waals surface area contributed by atoms with E-state index >= 15 is 0 Å².